The molecule has 5 rings (SSSR count). The zero-order valence-electron chi connectivity index (χ0n) is 20.1. The van der Waals surface area contributed by atoms with Crippen molar-refractivity contribution in [2.45, 2.75) is 50.9 Å². The van der Waals surface area contributed by atoms with Crippen LogP contribution in [0.25, 0.3) is 17.3 Å². The van der Waals surface area contributed by atoms with Crippen LogP contribution in [-0.4, -0.2) is 38.5 Å². The van der Waals surface area contributed by atoms with Crippen LogP contribution in [0.1, 0.15) is 60.4 Å². The van der Waals surface area contributed by atoms with E-state index in [2.05, 4.69) is 24.3 Å². The van der Waals surface area contributed by atoms with Crippen LogP contribution in [0.2, 0.25) is 10.0 Å². The number of hydrogen-bond acceptors (Lipinski definition) is 4. The van der Waals surface area contributed by atoms with Crippen molar-refractivity contribution in [1.82, 2.24) is 20.2 Å². The largest absolute Gasteiger partial charge is 0.286 e. The van der Waals surface area contributed by atoms with Gasteiger partial charge in [0, 0.05) is 34.2 Å². The first-order valence-corrected chi connectivity index (χ1v) is 13.9. The van der Waals surface area contributed by atoms with Gasteiger partial charge in [-0.15, -0.1) is 0 Å². The van der Waals surface area contributed by atoms with Crippen LogP contribution in [0.3, 0.4) is 0 Å². The highest BCUT2D eigenvalue weighted by atomic mass is 35.5. The number of aromatic nitrogens is 2. The summed E-state index contributed by atoms with van der Waals surface area (Å²) >= 11 is 14.5. The number of nitrogens with one attached hydrogen (secondary N) is 1. The molecule has 1 N–H and O–H groups in total. The summed E-state index contributed by atoms with van der Waals surface area (Å²) in [6, 6.07) is 12.1. The van der Waals surface area contributed by atoms with Crippen molar-refractivity contribution in [2.75, 3.05) is 5.75 Å². The number of hydrogen-bond donors (Lipinski definition) is 1. The summed E-state index contributed by atoms with van der Waals surface area (Å²) in [6.07, 6.45) is 5.25. The Kier molecular flexibility index (Phi) is 7.45. The van der Waals surface area contributed by atoms with E-state index in [0.29, 0.717) is 27.2 Å². The minimum atomic E-state index is -0.283. The standard InChI is InChI=1S/C27H27Cl2FN4OS/c1-16-4-3-5-17(2)33(16)32-27(35)25-22-15-36-14-19(12-18-6-9-21(30)10-7-18)26(22)34(31-25)24-11-8-20(28)13-23(24)29/h6-13,16-17H,3-5,14-15H2,1-2H3,(H,32,35). The zero-order valence-corrected chi connectivity index (χ0v) is 22.4. The molecule has 2 atom stereocenters. The quantitative estimate of drug-likeness (QED) is 0.383. The molecule has 2 aromatic carbocycles. The van der Waals surface area contributed by atoms with E-state index in [1.165, 1.54) is 12.1 Å². The third-order valence-corrected chi connectivity index (χ3v) is 8.33. The summed E-state index contributed by atoms with van der Waals surface area (Å²) < 4.78 is 15.2. The van der Waals surface area contributed by atoms with E-state index in [4.69, 9.17) is 28.3 Å². The number of fused-ring (bicyclic) bond motifs is 1. The molecule has 5 nitrogen and oxygen atoms in total. The van der Waals surface area contributed by atoms with Gasteiger partial charge in [0.2, 0.25) is 0 Å². The Morgan fingerprint density at radius 2 is 1.83 bits per heavy atom. The fraction of sp³-hybridized carbons (Fsp3) is 0.333. The lowest BCUT2D eigenvalue weighted by atomic mass is 10.00. The minimum Gasteiger partial charge on any atom is -0.283 e. The number of piperidine rings is 1. The van der Waals surface area contributed by atoms with Crippen molar-refractivity contribution in [3.8, 4) is 5.69 Å². The Morgan fingerprint density at radius 3 is 2.53 bits per heavy atom. The van der Waals surface area contributed by atoms with Crippen LogP contribution in [-0.2, 0) is 5.75 Å². The number of amides is 1. The van der Waals surface area contributed by atoms with Crippen LogP contribution >= 0.6 is 35.0 Å². The molecule has 0 saturated carbocycles. The molecule has 0 spiro atoms. The minimum absolute atomic E-state index is 0.223. The van der Waals surface area contributed by atoms with E-state index in [0.717, 1.165) is 47.4 Å². The number of nitrogens with zero attached hydrogens (tertiary/aromatic N) is 3. The molecule has 2 unspecified atom stereocenters. The van der Waals surface area contributed by atoms with Gasteiger partial charge in [0.1, 0.15) is 5.82 Å². The lowest BCUT2D eigenvalue weighted by Crippen LogP contribution is -2.54. The topological polar surface area (TPSA) is 50.2 Å². The van der Waals surface area contributed by atoms with Crippen LogP contribution < -0.4 is 5.43 Å². The molecule has 1 saturated heterocycles. The number of carbonyl (C=O) groups is 1. The molecule has 2 aliphatic rings. The summed E-state index contributed by atoms with van der Waals surface area (Å²) in [5, 5.41) is 7.83. The smallest absolute Gasteiger partial charge is 0.283 e. The van der Waals surface area contributed by atoms with Gasteiger partial charge in [-0.05, 0) is 74.2 Å². The van der Waals surface area contributed by atoms with Crippen LogP contribution in [0.4, 0.5) is 4.39 Å². The van der Waals surface area contributed by atoms with E-state index in [9.17, 15) is 9.18 Å². The number of thioether (sulfide) groups is 1. The number of halogens is 3. The Bertz CT molecular complexity index is 1310. The highest BCUT2D eigenvalue weighted by Crippen LogP contribution is 2.39. The van der Waals surface area contributed by atoms with Gasteiger partial charge in [-0.1, -0.05) is 41.8 Å². The molecule has 0 radical (unpaired) electrons. The Morgan fingerprint density at radius 1 is 1.11 bits per heavy atom. The van der Waals surface area contributed by atoms with E-state index in [-0.39, 0.29) is 23.8 Å². The van der Waals surface area contributed by atoms with Gasteiger partial charge in [0.15, 0.2) is 5.69 Å². The fourth-order valence-electron chi connectivity index (χ4n) is 4.94. The average molecular weight is 546 g/mol. The number of rotatable bonds is 4. The predicted octanol–water partition coefficient (Wildman–Crippen LogP) is 7.01. The van der Waals surface area contributed by atoms with Crippen molar-refractivity contribution >= 4 is 52.5 Å². The molecular formula is C27H27Cl2FN4OS. The fourth-order valence-corrected chi connectivity index (χ4v) is 6.45. The summed E-state index contributed by atoms with van der Waals surface area (Å²) in [6.45, 7) is 4.27. The summed E-state index contributed by atoms with van der Waals surface area (Å²) in [7, 11) is 0. The molecule has 9 heteroatoms. The maximum Gasteiger partial charge on any atom is 0.286 e. The van der Waals surface area contributed by atoms with E-state index >= 15 is 0 Å². The molecule has 1 amide bonds. The molecule has 1 aromatic heterocycles. The van der Waals surface area contributed by atoms with Crippen molar-refractivity contribution in [2.24, 2.45) is 0 Å². The van der Waals surface area contributed by atoms with Gasteiger partial charge in [-0.3, -0.25) is 10.2 Å². The molecule has 0 bridgehead atoms. The third kappa shape index (κ3) is 5.07. The van der Waals surface area contributed by atoms with Gasteiger partial charge in [-0.2, -0.15) is 16.9 Å². The van der Waals surface area contributed by atoms with Crippen molar-refractivity contribution in [1.29, 1.82) is 0 Å². The van der Waals surface area contributed by atoms with Crippen molar-refractivity contribution in [3.63, 3.8) is 0 Å². The Hall–Kier alpha value is -2.32. The monoisotopic (exact) mass is 544 g/mol. The van der Waals surface area contributed by atoms with E-state index in [1.54, 1.807) is 40.7 Å². The second kappa shape index (κ2) is 10.6. The highest BCUT2D eigenvalue weighted by Gasteiger charge is 2.32. The zero-order chi connectivity index (χ0) is 25.4. The van der Waals surface area contributed by atoms with Gasteiger partial charge in [-0.25, -0.2) is 14.1 Å². The Balaban J connectivity index is 1.61. The van der Waals surface area contributed by atoms with Gasteiger partial charge >= 0.3 is 0 Å². The molecule has 3 aromatic rings. The molecule has 0 aliphatic carbocycles. The van der Waals surface area contributed by atoms with Gasteiger partial charge in [0.05, 0.1) is 16.4 Å². The predicted molar refractivity (Wildman–Crippen MR) is 146 cm³/mol. The highest BCUT2D eigenvalue weighted by molar-refractivity contribution is 7.99. The summed E-state index contributed by atoms with van der Waals surface area (Å²) in [5.74, 6) is 0.866. The first-order valence-electron chi connectivity index (χ1n) is 12.0. The molecule has 1 fully saturated rings. The summed E-state index contributed by atoms with van der Waals surface area (Å²) in [4.78, 5) is 13.6. The number of benzene rings is 2. The molecule has 36 heavy (non-hydrogen) atoms. The molecular weight excluding hydrogens is 518 g/mol. The SMILES string of the molecule is CC1CCCC(C)N1NC(=O)c1nn(-c2ccc(Cl)cc2Cl)c2c1CSCC2=Cc1ccc(F)cc1. The maximum absolute atomic E-state index is 13.6. The van der Waals surface area contributed by atoms with Gasteiger partial charge in [0.25, 0.3) is 5.91 Å². The van der Waals surface area contributed by atoms with Crippen molar-refractivity contribution in [3.05, 3.63) is 80.8 Å². The van der Waals surface area contributed by atoms with E-state index < -0.39 is 0 Å². The van der Waals surface area contributed by atoms with Crippen LogP contribution in [0.15, 0.2) is 42.5 Å². The summed E-state index contributed by atoms with van der Waals surface area (Å²) in [5.41, 5.74) is 7.74. The Labute approximate surface area is 224 Å². The van der Waals surface area contributed by atoms with Crippen LogP contribution in [0.5, 0.6) is 0 Å². The molecule has 2 aliphatic heterocycles. The second-order valence-corrected chi connectivity index (χ2v) is 11.2. The molecule has 3 heterocycles. The third-order valence-electron chi connectivity index (χ3n) is 6.78. The molecule has 188 valence electrons. The first kappa shape index (κ1) is 25.3. The number of carbonyl (C=O) groups excluding carboxylic acids is 1. The normalized spacial score (nSPS) is 21.4. The average Bonchev–Trinajstić information content (AvgIpc) is 3.23. The lowest BCUT2D eigenvalue weighted by molar-refractivity contribution is 0.0365. The van der Waals surface area contributed by atoms with Crippen molar-refractivity contribution < 1.29 is 9.18 Å². The number of hydrazine groups is 1. The van der Waals surface area contributed by atoms with Gasteiger partial charge < -0.3 is 0 Å². The maximum atomic E-state index is 13.6. The first-order chi connectivity index (χ1) is 17.3. The lowest BCUT2D eigenvalue weighted by Gasteiger charge is -2.38. The van der Waals surface area contributed by atoms with E-state index in [1.807, 2.05) is 12.1 Å². The second-order valence-electron chi connectivity index (χ2n) is 9.37. The van der Waals surface area contributed by atoms with Crippen LogP contribution in [0, 0.1) is 5.82 Å².